The summed E-state index contributed by atoms with van der Waals surface area (Å²) in [5.41, 5.74) is -0.627. The van der Waals surface area contributed by atoms with Crippen molar-refractivity contribution in [1.29, 1.82) is 0 Å². The molecule has 2 N–H and O–H groups in total. The van der Waals surface area contributed by atoms with E-state index in [0.717, 1.165) is 4.90 Å². The smallest absolute Gasteiger partial charge is 0.305 e. The van der Waals surface area contributed by atoms with Crippen LogP contribution in [0.3, 0.4) is 0 Å². The van der Waals surface area contributed by atoms with Crippen LogP contribution < -0.4 is 5.32 Å². The monoisotopic (exact) mass is 363 g/mol. The van der Waals surface area contributed by atoms with Gasteiger partial charge in [0.1, 0.15) is 0 Å². The number of rotatable bonds is 5. The fourth-order valence-corrected chi connectivity index (χ4v) is 3.54. The third-order valence-corrected chi connectivity index (χ3v) is 4.97. The first-order valence-electron chi connectivity index (χ1n) is 6.52. The Hall–Kier alpha value is -0.950. The van der Waals surface area contributed by atoms with E-state index in [9.17, 15) is 9.59 Å². The molecule has 1 unspecified atom stereocenters. The Morgan fingerprint density at radius 3 is 2.68 bits per heavy atom. The highest BCUT2D eigenvalue weighted by atomic mass is 35.5. The first-order valence-corrected chi connectivity index (χ1v) is 8.50. The lowest BCUT2D eigenvalue weighted by Gasteiger charge is -2.27. The van der Waals surface area contributed by atoms with Crippen LogP contribution >= 0.6 is 35.0 Å². The Morgan fingerprint density at radius 1 is 1.41 bits per heavy atom. The van der Waals surface area contributed by atoms with E-state index in [1.54, 1.807) is 6.07 Å². The van der Waals surface area contributed by atoms with Crippen molar-refractivity contribution in [2.45, 2.75) is 23.3 Å². The molecule has 120 valence electrons. The van der Waals surface area contributed by atoms with E-state index >= 15 is 0 Å². The summed E-state index contributed by atoms with van der Waals surface area (Å²) < 4.78 is 5.26. The Kier molecular flexibility index (Phi) is 5.60. The number of carbonyl (C=O) groups excluding carboxylic acids is 1. The molecule has 1 aromatic rings. The van der Waals surface area contributed by atoms with E-state index in [2.05, 4.69) is 5.32 Å². The van der Waals surface area contributed by atoms with E-state index in [-0.39, 0.29) is 23.6 Å². The minimum absolute atomic E-state index is 0.172. The highest BCUT2D eigenvalue weighted by Gasteiger charge is 2.39. The van der Waals surface area contributed by atoms with Gasteiger partial charge in [-0.3, -0.25) is 9.59 Å². The molecule has 2 rings (SSSR count). The number of ether oxygens (including phenoxy) is 1. The molecule has 0 saturated carbocycles. The van der Waals surface area contributed by atoms with Crippen molar-refractivity contribution < 1.29 is 19.4 Å². The molecule has 1 amide bonds. The lowest BCUT2D eigenvalue weighted by molar-refractivity contribution is -0.138. The quantitative estimate of drug-likeness (QED) is 0.786. The van der Waals surface area contributed by atoms with Crippen molar-refractivity contribution in [3.63, 3.8) is 0 Å². The average Bonchev–Trinajstić information content (AvgIpc) is 2.85. The van der Waals surface area contributed by atoms with Crippen molar-refractivity contribution in [2.75, 3.05) is 19.5 Å². The Morgan fingerprint density at radius 2 is 2.14 bits per heavy atom. The number of amides is 1. The first kappa shape index (κ1) is 17.4. The number of aliphatic carboxylic acids is 1. The fraction of sp³-hybridized carbons (Fsp3) is 0.429. The van der Waals surface area contributed by atoms with Crippen LogP contribution in [0.4, 0.5) is 0 Å². The minimum Gasteiger partial charge on any atom is -0.481 e. The standard InChI is InChI=1S/C14H15Cl2NO4S/c1-22-11-4-8(9(15)5-10(11)16)13(20)17-14(6-12(18)19)2-3-21-7-14/h4-5H,2-3,6-7H2,1H3,(H,17,20)(H,18,19). The highest BCUT2D eigenvalue weighted by Crippen LogP contribution is 2.32. The molecule has 1 heterocycles. The molecular formula is C14H15Cl2NO4S. The van der Waals surface area contributed by atoms with Crippen LogP contribution in [0.1, 0.15) is 23.2 Å². The molecule has 0 bridgehead atoms. The number of carbonyl (C=O) groups is 2. The summed E-state index contributed by atoms with van der Waals surface area (Å²) in [6.45, 7) is 0.587. The predicted molar refractivity (Wildman–Crippen MR) is 86.1 cm³/mol. The minimum atomic E-state index is -0.988. The second kappa shape index (κ2) is 7.08. The van der Waals surface area contributed by atoms with Gasteiger partial charge in [-0.05, 0) is 24.8 Å². The topological polar surface area (TPSA) is 75.6 Å². The molecule has 1 aliphatic rings. The van der Waals surface area contributed by atoms with E-state index < -0.39 is 17.4 Å². The third kappa shape index (κ3) is 3.87. The van der Waals surface area contributed by atoms with Crippen molar-refractivity contribution >= 4 is 46.8 Å². The van der Waals surface area contributed by atoms with Gasteiger partial charge in [0, 0.05) is 11.5 Å². The van der Waals surface area contributed by atoms with Crippen LogP contribution in [0, 0.1) is 0 Å². The van der Waals surface area contributed by atoms with E-state index in [1.165, 1.54) is 17.8 Å². The maximum absolute atomic E-state index is 12.5. The van der Waals surface area contributed by atoms with Gasteiger partial charge in [0.25, 0.3) is 5.91 Å². The van der Waals surface area contributed by atoms with Gasteiger partial charge < -0.3 is 15.2 Å². The second-order valence-electron chi connectivity index (χ2n) is 5.07. The van der Waals surface area contributed by atoms with E-state index in [1.807, 2.05) is 6.26 Å². The predicted octanol–water partition coefficient (Wildman–Crippen LogP) is 3.08. The van der Waals surface area contributed by atoms with Crippen molar-refractivity contribution in [1.82, 2.24) is 5.32 Å². The normalized spacial score (nSPS) is 20.9. The summed E-state index contributed by atoms with van der Waals surface area (Å²) in [7, 11) is 0. The molecule has 1 fully saturated rings. The number of hydrogen-bond acceptors (Lipinski definition) is 4. The average molecular weight is 364 g/mol. The van der Waals surface area contributed by atoms with Gasteiger partial charge in [-0.2, -0.15) is 0 Å². The maximum Gasteiger partial charge on any atom is 0.305 e. The van der Waals surface area contributed by atoms with Gasteiger partial charge in [-0.15, -0.1) is 11.8 Å². The van der Waals surface area contributed by atoms with Gasteiger partial charge in [-0.25, -0.2) is 0 Å². The molecule has 1 saturated heterocycles. The lowest BCUT2D eigenvalue weighted by Crippen LogP contribution is -2.50. The molecule has 1 aliphatic heterocycles. The highest BCUT2D eigenvalue weighted by molar-refractivity contribution is 7.98. The van der Waals surface area contributed by atoms with Crippen LogP contribution in [-0.4, -0.2) is 42.0 Å². The van der Waals surface area contributed by atoms with Crippen LogP contribution in [0.25, 0.3) is 0 Å². The fourth-order valence-electron chi connectivity index (χ4n) is 2.35. The van der Waals surface area contributed by atoms with Crippen molar-refractivity contribution in [3.8, 4) is 0 Å². The molecule has 8 heteroatoms. The first-order chi connectivity index (χ1) is 10.4. The summed E-state index contributed by atoms with van der Waals surface area (Å²) in [5, 5.41) is 12.5. The van der Waals surface area contributed by atoms with Gasteiger partial charge in [-0.1, -0.05) is 23.2 Å². The van der Waals surface area contributed by atoms with Gasteiger partial charge in [0.2, 0.25) is 0 Å². The van der Waals surface area contributed by atoms with Crippen LogP contribution in [-0.2, 0) is 9.53 Å². The maximum atomic E-state index is 12.5. The Labute approximate surface area is 142 Å². The van der Waals surface area contributed by atoms with E-state index in [4.69, 9.17) is 33.0 Å². The zero-order valence-corrected chi connectivity index (χ0v) is 14.1. The third-order valence-electron chi connectivity index (χ3n) is 3.46. The molecule has 22 heavy (non-hydrogen) atoms. The number of thioether (sulfide) groups is 1. The second-order valence-corrected chi connectivity index (χ2v) is 6.74. The summed E-state index contributed by atoms with van der Waals surface area (Å²) in [6, 6.07) is 3.12. The van der Waals surface area contributed by atoms with E-state index in [0.29, 0.717) is 18.1 Å². The number of halogens is 2. The molecule has 0 spiro atoms. The summed E-state index contributed by atoms with van der Waals surface area (Å²) in [5.74, 6) is -1.42. The largest absolute Gasteiger partial charge is 0.481 e. The molecule has 0 aliphatic carbocycles. The number of carboxylic acids is 1. The number of nitrogens with one attached hydrogen (secondary N) is 1. The number of benzene rings is 1. The van der Waals surface area contributed by atoms with Crippen LogP contribution in [0.5, 0.6) is 0 Å². The Bertz CT molecular complexity index is 603. The van der Waals surface area contributed by atoms with Gasteiger partial charge >= 0.3 is 5.97 Å². The molecule has 1 atom stereocenters. The Balaban J connectivity index is 2.26. The number of hydrogen-bond donors (Lipinski definition) is 2. The van der Waals surface area contributed by atoms with Crippen LogP contribution in [0.15, 0.2) is 17.0 Å². The zero-order valence-electron chi connectivity index (χ0n) is 11.8. The SMILES string of the molecule is CSc1cc(C(=O)NC2(CC(=O)O)CCOC2)c(Cl)cc1Cl. The molecule has 0 aromatic heterocycles. The summed E-state index contributed by atoms with van der Waals surface area (Å²) >= 11 is 13.5. The molecular weight excluding hydrogens is 349 g/mol. The zero-order chi connectivity index (χ0) is 16.3. The number of carboxylic acid groups (broad SMARTS) is 1. The summed E-state index contributed by atoms with van der Waals surface area (Å²) in [4.78, 5) is 24.3. The van der Waals surface area contributed by atoms with Gasteiger partial charge in [0.05, 0.1) is 34.2 Å². The van der Waals surface area contributed by atoms with Crippen LogP contribution in [0.2, 0.25) is 10.0 Å². The lowest BCUT2D eigenvalue weighted by atomic mass is 9.93. The molecule has 0 radical (unpaired) electrons. The summed E-state index contributed by atoms with van der Waals surface area (Å²) in [6.07, 6.45) is 2.10. The molecule has 5 nitrogen and oxygen atoms in total. The van der Waals surface area contributed by atoms with Gasteiger partial charge in [0.15, 0.2) is 0 Å². The van der Waals surface area contributed by atoms with Crippen molar-refractivity contribution in [3.05, 3.63) is 27.7 Å². The molecule has 1 aromatic carbocycles. The van der Waals surface area contributed by atoms with Crippen molar-refractivity contribution in [2.24, 2.45) is 0 Å².